The van der Waals surface area contributed by atoms with E-state index in [0.717, 1.165) is 23.4 Å². The summed E-state index contributed by atoms with van der Waals surface area (Å²) in [5.74, 6) is 0.457. The molecule has 4 aromatic rings. The van der Waals surface area contributed by atoms with E-state index in [0.29, 0.717) is 16.5 Å². The number of nitrogens with one attached hydrogen (secondary N) is 1. The van der Waals surface area contributed by atoms with E-state index in [1.54, 1.807) is 17.1 Å². The van der Waals surface area contributed by atoms with Crippen LogP contribution in [-0.2, 0) is 12.8 Å². The lowest BCUT2D eigenvalue weighted by molar-refractivity contribution is 0.102. The summed E-state index contributed by atoms with van der Waals surface area (Å²) < 4.78 is 1.66. The monoisotopic (exact) mass is 415 g/mol. The lowest BCUT2D eigenvalue weighted by Gasteiger charge is -2.16. The highest BCUT2D eigenvalue weighted by Gasteiger charge is 2.18. The van der Waals surface area contributed by atoms with E-state index in [9.17, 15) is 4.79 Å². The smallest absolute Gasteiger partial charge is 0.260 e. The second-order valence-electron chi connectivity index (χ2n) is 7.43. The van der Waals surface area contributed by atoms with Gasteiger partial charge in [0, 0.05) is 17.1 Å². The molecule has 0 unspecified atom stereocenters. The third-order valence-corrected chi connectivity index (χ3v) is 6.25. The first kappa shape index (κ1) is 18.7. The summed E-state index contributed by atoms with van der Waals surface area (Å²) in [5, 5.41) is 9.80. The highest BCUT2D eigenvalue weighted by molar-refractivity contribution is 7.14. The van der Waals surface area contributed by atoms with Crippen LogP contribution in [0.1, 0.15) is 40.0 Å². The van der Waals surface area contributed by atoms with Crippen molar-refractivity contribution >= 4 is 22.4 Å². The molecule has 3 aromatic heterocycles. The van der Waals surface area contributed by atoms with Gasteiger partial charge in [-0.15, -0.1) is 11.3 Å². The van der Waals surface area contributed by atoms with Crippen molar-refractivity contribution in [1.29, 1.82) is 0 Å². The first-order valence-corrected chi connectivity index (χ1v) is 10.9. The van der Waals surface area contributed by atoms with E-state index in [1.165, 1.54) is 41.7 Å². The number of aryl methyl sites for hydroxylation is 2. The maximum absolute atomic E-state index is 12.8. The molecule has 6 nitrogen and oxygen atoms in total. The predicted octanol–water partition coefficient (Wildman–Crippen LogP) is 4.83. The van der Waals surface area contributed by atoms with E-state index in [1.807, 2.05) is 30.5 Å². The molecule has 0 spiro atoms. The third kappa shape index (κ3) is 3.52. The Morgan fingerprint density at radius 3 is 2.83 bits per heavy atom. The van der Waals surface area contributed by atoms with Crippen molar-refractivity contribution in [2.24, 2.45) is 0 Å². The van der Waals surface area contributed by atoms with Crippen LogP contribution < -0.4 is 5.32 Å². The van der Waals surface area contributed by atoms with Crippen LogP contribution in [0.15, 0.2) is 54.2 Å². The van der Waals surface area contributed by atoms with Gasteiger partial charge in [-0.3, -0.25) is 10.1 Å². The van der Waals surface area contributed by atoms with Crippen molar-refractivity contribution in [1.82, 2.24) is 19.7 Å². The number of benzene rings is 1. The normalized spacial score (nSPS) is 13.1. The van der Waals surface area contributed by atoms with E-state index < -0.39 is 0 Å². The number of amides is 1. The molecule has 1 aromatic carbocycles. The van der Waals surface area contributed by atoms with Gasteiger partial charge in [0.15, 0.2) is 10.9 Å². The van der Waals surface area contributed by atoms with Gasteiger partial charge in [0.05, 0.1) is 23.1 Å². The quantitative estimate of drug-likeness (QED) is 0.518. The topological polar surface area (TPSA) is 72.7 Å². The van der Waals surface area contributed by atoms with Gasteiger partial charge >= 0.3 is 0 Å². The Labute approximate surface area is 178 Å². The number of pyridine rings is 1. The molecule has 30 heavy (non-hydrogen) atoms. The fourth-order valence-electron chi connectivity index (χ4n) is 3.86. The number of anilines is 1. The maximum atomic E-state index is 12.8. The van der Waals surface area contributed by atoms with Crippen molar-refractivity contribution in [3.63, 3.8) is 0 Å². The molecule has 7 heteroatoms. The van der Waals surface area contributed by atoms with Gasteiger partial charge in [0.1, 0.15) is 0 Å². The average molecular weight is 416 g/mol. The van der Waals surface area contributed by atoms with Crippen LogP contribution in [0.3, 0.4) is 0 Å². The highest BCUT2D eigenvalue weighted by atomic mass is 32.1. The first-order valence-electron chi connectivity index (χ1n) is 10.0. The number of hydrogen-bond donors (Lipinski definition) is 1. The molecule has 5 rings (SSSR count). The molecule has 0 fully saturated rings. The second-order valence-corrected chi connectivity index (χ2v) is 8.28. The van der Waals surface area contributed by atoms with E-state index in [2.05, 4.69) is 38.6 Å². The van der Waals surface area contributed by atoms with Gasteiger partial charge in [0.25, 0.3) is 5.91 Å². The molecule has 0 atom stereocenters. The van der Waals surface area contributed by atoms with Gasteiger partial charge in [-0.25, -0.2) is 14.6 Å². The lowest BCUT2D eigenvalue weighted by atomic mass is 9.90. The summed E-state index contributed by atoms with van der Waals surface area (Å²) in [7, 11) is 0. The molecule has 1 N–H and O–H groups in total. The first-order chi connectivity index (χ1) is 14.7. The van der Waals surface area contributed by atoms with Gasteiger partial charge in [0.2, 0.25) is 0 Å². The maximum Gasteiger partial charge on any atom is 0.260 e. The number of rotatable bonds is 4. The third-order valence-electron chi connectivity index (χ3n) is 5.49. The summed E-state index contributed by atoms with van der Waals surface area (Å²) in [6, 6.07) is 12.2. The molecule has 0 aliphatic heterocycles. The average Bonchev–Trinajstić information content (AvgIpc) is 3.40. The van der Waals surface area contributed by atoms with Crippen LogP contribution in [0.5, 0.6) is 0 Å². The number of carbonyl (C=O) groups is 1. The standard InChI is InChI=1S/C23H21N5OS/c1-15-19(13-25-28(15)21-8-4-5-11-24-21)22(29)27-23-26-20(14-30-23)18-10-9-16-6-2-3-7-17(16)12-18/h4-5,8-14H,2-3,6-7H2,1H3,(H,26,27,29). The van der Waals surface area contributed by atoms with Crippen LogP contribution in [0.4, 0.5) is 5.13 Å². The molecule has 0 radical (unpaired) electrons. The Kier molecular flexibility index (Phi) is 4.88. The summed E-state index contributed by atoms with van der Waals surface area (Å²) in [4.78, 5) is 21.7. The molecule has 0 saturated heterocycles. The second kappa shape index (κ2) is 7.84. The SMILES string of the molecule is Cc1c(C(=O)Nc2nc(-c3ccc4c(c3)CCCC4)cs2)cnn1-c1ccccn1. The van der Waals surface area contributed by atoms with Crippen LogP contribution in [0.25, 0.3) is 17.1 Å². The van der Waals surface area contributed by atoms with E-state index in [4.69, 9.17) is 0 Å². The van der Waals surface area contributed by atoms with Crippen LogP contribution in [0.2, 0.25) is 0 Å². The van der Waals surface area contributed by atoms with Crippen molar-refractivity contribution in [2.45, 2.75) is 32.6 Å². The fourth-order valence-corrected chi connectivity index (χ4v) is 4.58. The van der Waals surface area contributed by atoms with E-state index in [-0.39, 0.29) is 5.91 Å². The van der Waals surface area contributed by atoms with Crippen molar-refractivity contribution < 1.29 is 4.79 Å². The summed E-state index contributed by atoms with van der Waals surface area (Å²) in [6.45, 7) is 1.86. The zero-order valence-corrected chi connectivity index (χ0v) is 17.4. The van der Waals surface area contributed by atoms with E-state index >= 15 is 0 Å². The number of thiazole rings is 1. The Morgan fingerprint density at radius 1 is 1.13 bits per heavy atom. The minimum Gasteiger partial charge on any atom is -0.298 e. The Hall–Kier alpha value is -3.32. The van der Waals surface area contributed by atoms with Gasteiger partial charge < -0.3 is 0 Å². The molecule has 0 saturated carbocycles. The van der Waals surface area contributed by atoms with Crippen LogP contribution in [0, 0.1) is 6.92 Å². The summed E-state index contributed by atoms with van der Waals surface area (Å²) in [5.41, 5.74) is 6.11. The van der Waals surface area contributed by atoms with Gasteiger partial charge in [-0.1, -0.05) is 18.2 Å². The predicted molar refractivity (Wildman–Crippen MR) is 118 cm³/mol. The molecule has 150 valence electrons. The van der Waals surface area contributed by atoms with Crippen LogP contribution in [-0.4, -0.2) is 25.7 Å². The molecule has 0 bridgehead atoms. The van der Waals surface area contributed by atoms with Crippen LogP contribution >= 0.6 is 11.3 Å². The number of nitrogens with zero attached hydrogens (tertiary/aromatic N) is 4. The van der Waals surface area contributed by atoms with Crippen molar-refractivity contribution in [2.75, 3.05) is 5.32 Å². The zero-order chi connectivity index (χ0) is 20.5. The molecular weight excluding hydrogens is 394 g/mol. The van der Waals surface area contributed by atoms with Gasteiger partial charge in [-0.05, 0) is 61.9 Å². The Bertz CT molecular complexity index is 1210. The number of aromatic nitrogens is 4. The molecule has 1 amide bonds. The largest absolute Gasteiger partial charge is 0.298 e. The van der Waals surface area contributed by atoms with Crippen molar-refractivity contribution in [3.8, 4) is 17.1 Å². The van der Waals surface area contributed by atoms with Gasteiger partial charge in [-0.2, -0.15) is 5.10 Å². The number of fused-ring (bicyclic) bond motifs is 1. The van der Waals surface area contributed by atoms with Crippen molar-refractivity contribution in [3.05, 3.63) is 76.6 Å². The minimum absolute atomic E-state index is 0.221. The molecular formula is C23H21N5OS. The Morgan fingerprint density at radius 2 is 2.00 bits per heavy atom. The number of carbonyl (C=O) groups excluding carboxylic acids is 1. The summed E-state index contributed by atoms with van der Waals surface area (Å²) >= 11 is 1.43. The molecule has 1 aliphatic carbocycles. The molecule has 1 aliphatic rings. The Balaban J connectivity index is 1.35. The summed E-state index contributed by atoms with van der Waals surface area (Å²) in [6.07, 6.45) is 8.09. The highest BCUT2D eigenvalue weighted by Crippen LogP contribution is 2.30. The minimum atomic E-state index is -0.221. The lowest BCUT2D eigenvalue weighted by Crippen LogP contribution is -2.13. The molecule has 3 heterocycles. The fraction of sp³-hybridized carbons (Fsp3) is 0.217. The zero-order valence-electron chi connectivity index (χ0n) is 16.6. The number of hydrogen-bond acceptors (Lipinski definition) is 5.